The van der Waals surface area contributed by atoms with E-state index in [2.05, 4.69) is 25.3 Å². The number of fused-ring (bicyclic) bond motifs is 2. The molecule has 0 aliphatic carbocycles. The summed E-state index contributed by atoms with van der Waals surface area (Å²) >= 11 is 17.3. The van der Waals surface area contributed by atoms with Crippen LogP contribution in [0.4, 0.5) is 5.82 Å². The van der Waals surface area contributed by atoms with Crippen LogP contribution in [0.3, 0.4) is 0 Å². The molecule has 144 valence electrons. The quantitative estimate of drug-likeness (QED) is 0.266. The molecule has 28 heavy (non-hydrogen) atoms. The first-order chi connectivity index (χ1) is 13.6. The van der Waals surface area contributed by atoms with Crippen molar-refractivity contribution in [1.29, 1.82) is 0 Å². The van der Waals surface area contributed by atoms with E-state index in [4.69, 9.17) is 39.9 Å². The Labute approximate surface area is 176 Å². The van der Waals surface area contributed by atoms with Gasteiger partial charge in [0.1, 0.15) is 11.0 Å². The van der Waals surface area contributed by atoms with Gasteiger partial charge in [-0.25, -0.2) is 19.9 Å². The van der Waals surface area contributed by atoms with Gasteiger partial charge in [-0.3, -0.25) is 0 Å². The molecule has 0 aliphatic heterocycles. The lowest BCUT2D eigenvalue weighted by Gasteiger charge is -2.07. The fraction of sp³-hybridized carbons (Fsp3) is 0.158. The molecule has 0 amide bonds. The van der Waals surface area contributed by atoms with Crippen molar-refractivity contribution in [2.75, 3.05) is 18.5 Å². The van der Waals surface area contributed by atoms with Gasteiger partial charge < -0.3 is 10.4 Å². The van der Waals surface area contributed by atoms with Gasteiger partial charge in [0.05, 0.1) is 11.0 Å². The van der Waals surface area contributed by atoms with E-state index in [1.54, 1.807) is 0 Å². The van der Waals surface area contributed by atoms with Crippen molar-refractivity contribution in [2.45, 2.75) is 6.42 Å². The molecule has 0 fully saturated rings. The Morgan fingerprint density at radius 2 is 1.32 bits per heavy atom. The lowest BCUT2D eigenvalue weighted by atomic mass is 10.2. The second-order valence-electron chi connectivity index (χ2n) is 5.66. The van der Waals surface area contributed by atoms with Crippen LogP contribution >= 0.6 is 34.8 Å². The van der Waals surface area contributed by atoms with Crippen molar-refractivity contribution in [3.8, 4) is 0 Å². The number of aliphatic hydroxyl groups is 1. The minimum Gasteiger partial charge on any atom is -0.396 e. The maximum absolute atomic E-state index is 8.71. The minimum atomic E-state index is 0.156. The third-order valence-corrected chi connectivity index (χ3v) is 4.36. The largest absolute Gasteiger partial charge is 0.396 e. The van der Waals surface area contributed by atoms with E-state index in [0.29, 0.717) is 23.9 Å². The highest BCUT2D eigenvalue weighted by Crippen LogP contribution is 2.22. The van der Waals surface area contributed by atoms with Crippen molar-refractivity contribution >= 4 is 62.4 Å². The van der Waals surface area contributed by atoms with Gasteiger partial charge in [-0.15, -0.1) is 0 Å². The zero-order chi connectivity index (χ0) is 19.9. The molecule has 2 heterocycles. The first-order valence-electron chi connectivity index (χ1n) is 8.43. The normalized spacial score (nSPS) is 10.6. The summed E-state index contributed by atoms with van der Waals surface area (Å²) in [5.74, 6) is 0.712. The minimum absolute atomic E-state index is 0.156. The smallest absolute Gasteiger partial charge is 0.224 e. The molecule has 0 saturated carbocycles. The molecule has 0 atom stereocenters. The second kappa shape index (κ2) is 9.80. The van der Waals surface area contributed by atoms with Crippen LogP contribution in [0.5, 0.6) is 0 Å². The second-order valence-corrected chi connectivity index (χ2v) is 6.70. The van der Waals surface area contributed by atoms with E-state index in [-0.39, 0.29) is 17.2 Å². The number of benzene rings is 2. The van der Waals surface area contributed by atoms with E-state index in [9.17, 15) is 0 Å². The van der Waals surface area contributed by atoms with Gasteiger partial charge in [0.25, 0.3) is 0 Å². The standard InChI is InChI=1S/C11H12ClN3O.C8H4Cl2N2/c12-11-14-9-5-2-1-4-8(9)10(15-11)13-6-3-7-16;9-7-5-3-1-2-4-6(5)11-8(10)12-7/h1-2,4-5,16H,3,6-7H2,(H,13,14,15);1-4H. The molecule has 0 saturated heterocycles. The van der Waals surface area contributed by atoms with Crippen LogP contribution in [0.25, 0.3) is 21.8 Å². The molecule has 0 aliphatic rings. The highest BCUT2D eigenvalue weighted by molar-refractivity contribution is 6.35. The molecule has 9 heteroatoms. The molecule has 0 radical (unpaired) electrons. The summed E-state index contributed by atoms with van der Waals surface area (Å²) in [6.07, 6.45) is 0.677. The molecular weight excluding hydrogens is 421 g/mol. The predicted octanol–water partition coefficient (Wildman–Crippen LogP) is 5.01. The SMILES string of the molecule is Clc1nc(Cl)c2ccccc2n1.OCCCNc1nc(Cl)nc2ccccc12. The van der Waals surface area contributed by atoms with Gasteiger partial charge in [0, 0.05) is 23.9 Å². The number of nitrogens with zero attached hydrogens (tertiary/aromatic N) is 4. The summed E-state index contributed by atoms with van der Waals surface area (Å²) in [5, 5.41) is 14.4. The van der Waals surface area contributed by atoms with Gasteiger partial charge in [-0.1, -0.05) is 35.9 Å². The summed E-state index contributed by atoms with van der Waals surface area (Å²) < 4.78 is 0. The van der Waals surface area contributed by atoms with E-state index in [0.717, 1.165) is 21.8 Å². The Bertz CT molecular complexity index is 1090. The van der Waals surface area contributed by atoms with Crippen LogP contribution in [0.1, 0.15) is 6.42 Å². The van der Waals surface area contributed by atoms with E-state index < -0.39 is 0 Å². The molecule has 4 rings (SSSR count). The van der Waals surface area contributed by atoms with E-state index in [1.807, 2.05) is 48.5 Å². The van der Waals surface area contributed by atoms with Crippen LogP contribution in [0.15, 0.2) is 48.5 Å². The lowest BCUT2D eigenvalue weighted by Crippen LogP contribution is -2.06. The van der Waals surface area contributed by atoms with Crippen molar-refractivity contribution in [1.82, 2.24) is 19.9 Å². The zero-order valence-electron chi connectivity index (χ0n) is 14.6. The van der Waals surface area contributed by atoms with Crippen LogP contribution < -0.4 is 5.32 Å². The fourth-order valence-electron chi connectivity index (χ4n) is 2.48. The number of aromatic nitrogens is 4. The number of anilines is 1. The fourth-order valence-corrected chi connectivity index (χ4v) is 3.11. The Morgan fingerprint density at radius 3 is 2.00 bits per heavy atom. The van der Waals surface area contributed by atoms with Crippen molar-refractivity contribution in [2.24, 2.45) is 0 Å². The molecule has 4 aromatic rings. The summed E-state index contributed by atoms with van der Waals surface area (Å²) in [6, 6.07) is 15.1. The Hall–Kier alpha value is -2.25. The van der Waals surface area contributed by atoms with Gasteiger partial charge in [-0.05, 0) is 53.9 Å². The summed E-state index contributed by atoms with van der Waals surface area (Å²) in [5.41, 5.74) is 1.58. The lowest BCUT2D eigenvalue weighted by molar-refractivity contribution is 0.292. The number of rotatable bonds is 4. The Kier molecular flexibility index (Phi) is 7.17. The molecule has 0 bridgehead atoms. The van der Waals surface area contributed by atoms with Gasteiger partial charge in [0.15, 0.2) is 0 Å². The highest BCUT2D eigenvalue weighted by Gasteiger charge is 2.05. The molecular formula is C19H16Cl3N5O. The molecule has 6 nitrogen and oxygen atoms in total. The van der Waals surface area contributed by atoms with Crippen molar-refractivity contribution in [3.05, 3.63) is 64.3 Å². The third-order valence-electron chi connectivity index (χ3n) is 3.73. The van der Waals surface area contributed by atoms with Crippen LogP contribution in [-0.4, -0.2) is 38.2 Å². The maximum Gasteiger partial charge on any atom is 0.224 e. The highest BCUT2D eigenvalue weighted by atomic mass is 35.5. The first kappa shape index (κ1) is 20.5. The Morgan fingerprint density at radius 1 is 0.750 bits per heavy atom. The van der Waals surface area contributed by atoms with E-state index in [1.165, 1.54) is 0 Å². The molecule has 0 unspecified atom stereocenters. The number of nitrogens with one attached hydrogen (secondary N) is 1. The number of halogens is 3. The van der Waals surface area contributed by atoms with Crippen molar-refractivity contribution < 1.29 is 5.11 Å². The third kappa shape index (κ3) is 5.17. The van der Waals surface area contributed by atoms with Crippen molar-refractivity contribution in [3.63, 3.8) is 0 Å². The molecule has 0 spiro atoms. The molecule has 2 aromatic heterocycles. The number of para-hydroxylation sites is 2. The summed E-state index contributed by atoms with van der Waals surface area (Å²) in [7, 11) is 0. The predicted molar refractivity (Wildman–Crippen MR) is 114 cm³/mol. The number of hydrogen-bond acceptors (Lipinski definition) is 6. The topological polar surface area (TPSA) is 83.8 Å². The Balaban J connectivity index is 0.000000167. The van der Waals surface area contributed by atoms with E-state index >= 15 is 0 Å². The summed E-state index contributed by atoms with van der Waals surface area (Å²) in [4.78, 5) is 16.1. The monoisotopic (exact) mass is 435 g/mol. The number of hydrogen-bond donors (Lipinski definition) is 2. The molecule has 2 N–H and O–H groups in total. The average Bonchev–Trinajstić information content (AvgIpc) is 2.68. The maximum atomic E-state index is 8.71. The summed E-state index contributed by atoms with van der Waals surface area (Å²) in [6.45, 7) is 0.817. The van der Waals surface area contributed by atoms with Gasteiger partial charge in [0.2, 0.25) is 10.6 Å². The van der Waals surface area contributed by atoms with Crippen LogP contribution in [0, 0.1) is 0 Å². The van der Waals surface area contributed by atoms with Crippen LogP contribution in [-0.2, 0) is 0 Å². The van der Waals surface area contributed by atoms with Crippen LogP contribution in [0.2, 0.25) is 15.7 Å². The molecule has 2 aromatic carbocycles. The average molecular weight is 437 g/mol. The van der Waals surface area contributed by atoms with Gasteiger partial charge >= 0.3 is 0 Å². The van der Waals surface area contributed by atoms with Gasteiger partial charge in [-0.2, -0.15) is 0 Å². The zero-order valence-corrected chi connectivity index (χ0v) is 16.9. The first-order valence-corrected chi connectivity index (χ1v) is 9.56. The number of aliphatic hydroxyl groups excluding tert-OH is 1.